The Bertz CT molecular complexity index is 286. The molecule has 0 aromatic rings. The summed E-state index contributed by atoms with van der Waals surface area (Å²) >= 11 is 12.1. The van der Waals surface area contributed by atoms with Gasteiger partial charge in [-0.3, -0.25) is 4.79 Å². The van der Waals surface area contributed by atoms with E-state index in [0.717, 1.165) is 38.5 Å². The highest BCUT2D eigenvalue weighted by Gasteiger charge is 2.43. The van der Waals surface area contributed by atoms with E-state index < -0.39 is 5.54 Å². The van der Waals surface area contributed by atoms with Crippen LogP contribution in [0.4, 0.5) is 0 Å². The SMILES string of the molecule is CCC(CCl)(CCl)NC(=O)C1(CC(C)C)CCCC1. The van der Waals surface area contributed by atoms with Gasteiger partial charge in [0.2, 0.25) is 5.91 Å². The maximum Gasteiger partial charge on any atom is 0.226 e. The van der Waals surface area contributed by atoms with Gasteiger partial charge in [0.05, 0.1) is 5.54 Å². The molecular weight excluding hydrogens is 281 g/mol. The van der Waals surface area contributed by atoms with Crippen LogP contribution in [0.15, 0.2) is 0 Å². The second-order valence-electron chi connectivity index (χ2n) is 6.44. The zero-order chi connectivity index (χ0) is 14.5. The van der Waals surface area contributed by atoms with Gasteiger partial charge in [0.25, 0.3) is 0 Å². The standard InChI is InChI=1S/C15H27Cl2NO/c1-4-15(10-16,11-17)18-13(19)14(9-12(2)3)7-5-6-8-14/h12H,4-11H2,1-3H3,(H,18,19). The van der Waals surface area contributed by atoms with Gasteiger partial charge in [0, 0.05) is 17.2 Å². The number of halogens is 2. The van der Waals surface area contributed by atoms with Crippen molar-refractivity contribution < 1.29 is 4.79 Å². The van der Waals surface area contributed by atoms with E-state index in [1.807, 2.05) is 6.92 Å². The van der Waals surface area contributed by atoms with Crippen LogP contribution in [-0.4, -0.2) is 23.2 Å². The van der Waals surface area contributed by atoms with E-state index in [2.05, 4.69) is 19.2 Å². The Labute approximate surface area is 127 Å². The molecule has 4 heteroatoms. The lowest BCUT2D eigenvalue weighted by Gasteiger charge is -2.36. The van der Waals surface area contributed by atoms with Crippen molar-refractivity contribution >= 4 is 29.1 Å². The summed E-state index contributed by atoms with van der Waals surface area (Å²) in [5.41, 5.74) is -0.639. The van der Waals surface area contributed by atoms with Gasteiger partial charge in [-0.2, -0.15) is 0 Å². The number of nitrogens with one attached hydrogen (secondary N) is 1. The Hall–Kier alpha value is 0.0500. The molecule has 1 amide bonds. The monoisotopic (exact) mass is 307 g/mol. The third-order valence-electron chi connectivity index (χ3n) is 4.41. The molecule has 0 aromatic carbocycles. The lowest BCUT2D eigenvalue weighted by molar-refractivity contribution is -0.133. The molecule has 0 radical (unpaired) electrons. The fourth-order valence-corrected chi connectivity index (χ4v) is 3.91. The van der Waals surface area contributed by atoms with Crippen LogP contribution in [0.2, 0.25) is 0 Å². The Kier molecular flexibility index (Phi) is 6.46. The van der Waals surface area contributed by atoms with Gasteiger partial charge in [0.15, 0.2) is 0 Å². The third kappa shape index (κ3) is 4.01. The average molecular weight is 308 g/mol. The fourth-order valence-electron chi connectivity index (χ4n) is 3.11. The van der Waals surface area contributed by atoms with Crippen molar-refractivity contribution in [2.24, 2.45) is 11.3 Å². The summed E-state index contributed by atoms with van der Waals surface area (Å²) in [5.74, 6) is 1.45. The van der Waals surface area contributed by atoms with Crippen molar-refractivity contribution in [3.8, 4) is 0 Å². The fraction of sp³-hybridized carbons (Fsp3) is 0.933. The van der Waals surface area contributed by atoms with Crippen LogP contribution >= 0.6 is 23.2 Å². The molecule has 0 aromatic heterocycles. The minimum atomic E-state index is -0.452. The lowest BCUT2D eigenvalue weighted by atomic mass is 9.77. The Balaban J connectivity index is 2.83. The predicted molar refractivity (Wildman–Crippen MR) is 83.0 cm³/mol. The topological polar surface area (TPSA) is 29.1 Å². The molecule has 1 aliphatic rings. The lowest BCUT2D eigenvalue weighted by Crippen LogP contribution is -2.55. The van der Waals surface area contributed by atoms with Gasteiger partial charge in [-0.1, -0.05) is 33.6 Å². The van der Waals surface area contributed by atoms with Crippen molar-refractivity contribution in [1.82, 2.24) is 5.32 Å². The van der Waals surface area contributed by atoms with Gasteiger partial charge >= 0.3 is 0 Å². The zero-order valence-electron chi connectivity index (χ0n) is 12.4. The molecule has 1 saturated carbocycles. The molecule has 0 atom stereocenters. The maximum atomic E-state index is 12.8. The van der Waals surface area contributed by atoms with Gasteiger partial charge in [-0.15, -0.1) is 23.2 Å². The van der Waals surface area contributed by atoms with Crippen LogP contribution in [0, 0.1) is 11.3 Å². The number of rotatable bonds is 7. The Morgan fingerprint density at radius 3 is 2.16 bits per heavy atom. The van der Waals surface area contributed by atoms with E-state index in [-0.39, 0.29) is 11.3 Å². The van der Waals surface area contributed by atoms with Crippen molar-refractivity contribution in [1.29, 1.82) is 0 Å². The summed E-state index contributed by atoms with van der Waals surface area (Å²) in [6.07, 6.45) is 6.04. The smallest absolute Gasteiger partial charge is 0.226 e. The van der Waals surface area contributed by atoms with Crippen molar-refractivity contribution in [2.45, 2.75) is 64.8 Å². The predicted octanol–water partition coefficient (Wildman–Crippen LogP) is 4.34. The highest BCUT2D eigenvalue weighted by atomic mass is 35.5. The quantitative estimate of drug-likeness (QED) is 0.697. The summed E-state index contributed by atoms with van der Waals surface area (Å²) in [5, 5.41) is 3.16. The first kappa shape index (κ1) is 17.1. The second kappa shape index (κ2) is 7.17. The number of amides is 1. The molecule has 1 fully saturated rings. The van der Waals surface area contributed by atoms with E-state index in [1.165, 1.54) is 0 Å². The molecule has 0 heterocycles. The molecular formula is C15H27Cl2NO. The van der Waals surface area contributed by atoms with Crippen molar-refractivity contribution in [2.75, 3.05) is 11.8 Å². The Morgan fingerprint density at radius 1 is 1.26 bits per heavy atom. The first-order valence-corrected chi connectivity index (χ1v) is 8.45. The number of carbonyl (C=O) groups excluding carboxylic acids is 1. The largest absolute Gasteiger partial charge is 0.348 e. The number of carbonyl (C=O) groups is 1. The van der Waals surface area contributed by atoms with Crippen molar-refractivity contribution in [3.63, 3.8) is 0 Å². The molecule has 19 heavy (non-hydrogen) atoms. The summed E-state index contributed by atoms with van der Waals surface area (Å²) in [7, 11) is 0. The first-order valence-electron chi connectivity index (χ1n) is 7.38. The molecule has 2 nitrogen and oxygen atoms in total. The maximum absolute atomic E-state index is 12.8. The molecule has 112 valence electrons. The van der Waals surface area contributed by atoms with Crippen LogP contribution in [0.3, 0.4) is 0 Å². The number of alkyl halides is 2. The minimum Gasteiger partial charge on any atom is -0.348 e. The van der Waals surface area contributed by atoms with Gasteiger partial charge < -0.3 is 5.32 Å². The van der Waals surface area contributed by atoms with Crippen LogP contribution < -0.4 is 5.32 Å². The minimum absolute atomic E-state index is 0.168. The van der Waals surface area contributed by atoms with E-state index in [1.54, 1.807) is 0 Å². The highest BCUT2D eigenvalue weighted by molar-refractivity contribution is 6.22. The molecule has 0 bridgehead atoms. The normalized spacial score (nSPS) is 18.8. The third-order valence-corrected chi connectivity index (χ3v) is 5.43. The molecule has 1 rings (SSSR count). The van der Waals surface area contributed by atoms with E-state index >= 15 is 0 Å². The van der Waals surface area contributed by atoms with E-state index in [4.69, 9.17) is 23.2 Å². The summed E-state index contributed by atoms with van der Waals surface area (Å²) in [6, 6.07) is 0. The van der Waals surface area contributed by atoms with E-state index in [9.17, 15) is 4.79 Å². The van der Waals surface area contributed by atoms with Crippen LogP contribution in [0.1, 0.15) is 59.3 Å². The molecule has 0 unspecified atom stereocenters. The second-order valence-corrected chi connectivity index (χ2v) is 6.98. The number of hydrogen-bond acceptors (Lipinski definition) is 1. The highest BCUT2D eigenvalue weighted by Crippen LogP contribution is 2.43. The summed E-state index contributed by atoms with van der Waals surface area (Å²) in [6.45, 7) is 6.39. The molecule has 1 aliphatic carbocycles. The Morgan fingerprint density at radius 2 is 1.79 bits per heavy atom. The molecule has 0 saturated heterocycles. The van der Waals surface area contributed by atoms with Gasteiger partial charge in [-0.25, -0.2) is 0 Å². The average Bonchev–Trinajstić information content (AvgIpc) is 2.85. The number of hydrogen-bond donors (Lipinski definition) is 1. The van der Waals surface area contributed by atoms with Crippen LogP contribution in [-0.2, 0) is 4.79 Å². The molecule has 0 spiro atoms. The molecule has 1 N–H and O–H groups in total. The van der Waals surface area contributed by atoms with Gasteiger partial charge in [-0.05, 0) is 31.6 Å². The van der Waals surface area contributed by atoms with Crippen molar-refractivity contribution in [3.05, 3.63) is 0 Å². The van der Waals surface area contributed by atoms with Crippen LogP contribution in [0.25, 0.3) is 0 Å². The van der Waals surface area contributed by atoms with Gasteiger partial charge in [0.1, 0.15) is 0 Å². The molecule has 0 aliphatic heterocycles. The summed E-state index contributed by atoms with van der Waals surface area (Å²) < 4.78 is 0. The first-order chi connectivity index (χ1) is 8.93. The zero-order valence-corrected chi connectivity index (χ0v) is 13.9. The summed E-state index contributed by atoms with van der Waals surface area (Å²) in [4.78, 5) is 12.8. The van der Waals surface area contributed by atoms with E-state index in [0.29, 0.717) is 17.7 Å². The van der Waals surface area contributed by atoms with Crippen LogP contribution in [0.5, 0.6) is 0 Å².